The lowest BCUT2D eigenvalue weighted by Crippen LogP contribution is -2.33. The summed E-state index contributed by atoms with van der Waals surface area (Å²) in [5.74, 6) is 1.44. The van der Waals surface area contributed by atoms with Crippen LogP contribution in [0.5, 0.6) is 5.75 Å². The maximum atomic E-state index is 12.0. The van der Waals surface area contributed by atoms with Crippen LogP contribution in [0.4, 0.5) is 18.9 Å². The Balaban J connectivity index is 1.68. The summed E-state index contributed by atoms with van der Waals surface area (Å²) in [6, 6.07) is 7.65. The molecule has 1 fully saturated rings. The first-order valence-corrected chi connectivity index (χ1v) is 10.2. The molecule has 2 rings (SSSR count). The molecule has 0 aliphatic carbocycles. The molecule has 1 aliphatic heterocycles. The summed E-state index contributed by atoms with van der Waals surface area (Å²) in [5.41, 5.74) is 1.16. The molecule has 0 unspecified atom stereocenters. The third kappa shape index (κ3) is 8.72. The van der Waals surface area contributed by atoms with Crippen LogP contribution >= 0.6 is 0 Å². The average molecular weight is 383 g/mol. The predicted molar refractivity (Wildman–Crippen MR) is 105 cm³/mol. The summed E-state index contributed by atoms with van der Waals surface area (Å²) in [6.07, 6.45) is 7.51. The van der Waals surface area contributed by atoms with Gasteiger partial charge in [0.05, 0.1) is 0 Å². The van der Waals surface area contributed by atoms with Gasteiger partial charge in [0.2, 0.25) is 0 Å². The van der Waals surface area contributed by atoms with Crippen molar-refractivity contribution in [3.05, 3.63) is 36.4 Å². The number of piperidine rings is 1. The molecule has 5 heteroatoms. The standard InChI is InChI=1S/C22H32F3NO/c1-2-3-4-5-6-8-19-13-16-26(17-14-19)20-9-11-21(12-10-20)27-18-7-15-22(23,24)25/h7,9-12,15,19H,2-6,8,13-14,16-18H2,1H3/b15-7+. The minimum atomic E-state index is -4.28. The smallest absolute Gasteiger partial charge is 0.409 e. The summed E-state index contributed by atoms with van der Waals surface area (Å²) >= 11 is 0. The number of allylic oxidation sites excluding steroid dienone is 1. The van der Waals surface area contributed by atoms with E-state index in [1.54, 1.807) is 0 Å². The largest absolute Gasteiger partial charge is 0.490 e. The molecule has 1 aromatic carbocycles. The maximum Gasteiger partial charge on any atom is 0.409 e. The zero-order chi connectivity index (χ0) is 19.5. The molecule has 1 aromatic rings. The van der Waals surface area contributed by atoms with E-state index < -0.39 is 6.18 Å². The molecule has 0 radical (unpaired) electrons. The van der Waals surface area contributed by atoms with Crippen LogP contribution in [-0.2, 0) is 0 Å². The first-order chi connectivity index (χ1) is 13.0. The van der Waals surface area contributed by atoms with Gasteiger partial charge < -0.3 is 9.64 Å². The molecule has 0 amide bonds. The van der Waals surface area contributed by atoms with Gasteiger partial charge in [0.1, 0.15) is 12.4 Å². The van der Waals surface area contributed by atoms with Gasteiger partial charge in [-0.1, -0.05) is 45.4 Å². The van der Waals surface area contributed by atoms with Gasteiger partial charge in [-0.2, -0.15) is 13.2 Å². The highest BCUT2D eigenvalue weighted by molar-refractivity contribution is 5.49. The van der Waals surface area contributed by atoms with Crippen molar-refractivity contribution < 1.29 is 17.9 Å². The molecular formula is C22H32F3NO. The van der Waals surface area contributed by atoms with Crippen LogP contribution in [0.3, 0.4) is 0 Å². The second-order valence-electron chi connectivity index (χ2n) is 7.38. The summed E-state index contributed by atoms with van der Waals surface area (Å²) in [7, 11) is 0. The van der Waals surface area contributed by atoms with Crippen molar-refractivity contribution in [1.29, 1.82) is 0 Å². The molecule has 152 valence electrons. The number of ether oxygens (including phenoxy) is 1. The highest BCUT2D eigenvalue weighted by Gasteiger charge is 2.21. The Morgan fingerprint density at radius 2 is 1.70 bits per heavy atom. The molecule has 1 saturated heterocycles. The first-order valence-electron chi connectivity index (χ1n) is 10.2. The Morgan fingerprint density at radius 1 is 1.04 bits per heavy atom. The maximum absolute atomic E-state index is 12.0. The van der Waals surface area contributed by atoms with Crippen molar-refractivity contribution in [2.24, 2.45) is 5.92 Å². The zero-order valence-corrected chi connectivity index (χ0v) is 16.3. The molecule has 0 atom stereocenters. The number of unbranched alkanes of at least 4 members (excludes halogenated alkanes) is 4. The fraction of sp³-hybridized carbons (Fsp3) is 0.636. The third-order valence-corrected chi connectivity index (χ3v) is 5.19. The minimum absolute atomic E-state index is 0.0808. The number of anilines is 1. The number of rotatable bonds is 10. The van der Waals surface area contributed by atoms with E-state index in [2.05, 4.69) is 11.8 Å². The van der Waals surface area contributed by atoms with Crippen LogP contribution in [0.15, 0.2) is 36.4 Å². The van der Waals surface area contributed by atoms with Crippen molar-refractivity contribution in [3.8, 4) is 5.75 Å². The van der Waals surface area contributed by atoms with Crippen LogP contribution in [0.25, 0.3) is 0 Å². The molecule has 0 spiro atoms. The molecule has 2 nitrogen and oxygen atoms in total. The van der Waals surface area contributed by atoms with Gasteiger partial charge in [0.15, 0.2) is 0 Å². The van der Waals surface area contributed by atoms with Gasteiger partial charge >= 0.3 is 6.18 Å². The van der Waals surface area contributed by atoms with E-state index in [1.165, 1.54) is 51.4 Å². The van der Waals surface area contributed by atoms with E-state index in [1.807, 2.05) is 24.3 Å². The topological polar surface area (TPSA) is 12.5 Å². The van der Waals surface area contributed by atoms with E-state index in [0.717, 1.165) is 30.8 Å². The monoisotopic (exact) mass is 383 g/mol. The Morgan fingerprint density at radius 3 is 2.33 bits per heavy atom. The van der Waals surface area contributed by atoms with E-state index in [9.17, 15) is 13.2 Å². The SMILES string of the molecule is CCCCCCCC1CCN(c2ccc(OC/C=C/C(F)(F)F)cc2)CC1. The molecule has 0 aromatic heterocycles. The molecule has 1 heterocycles. The van der Waals surface area contributed by atoms with Crippen LogP contribution in [0.2, 0.25) is 0 Å². The predicted octanol–water partition coefficient (Wildman–Crippen LogP) is 6.76. The molecule has 0 saturated carbocycles. The number of halogens is 3. The van der Waals surface area contributed by atoms with Gasteiger partial charge in [-0.05, 0) is 49.1 Å². The Hall–Kier alpha value is -1.65. The molecule has 0 bridgehead atoms. The van der Waals surface area contributed by atoms with Crippen LogP contribution < -0.4 is 9.64 Å². The molecule has 1 aliphatic rings. The van der Waals surface area contributed by atoms with Crippen molar-refractivity contribution in [3.63, 3.8) is 0 Å². The number of benzene rings is 1. The van der Waals surface area contributed by atoms with E-state index in [-0.39, 0.29) is 12.7 Å². The van der Waals surface area contributed by atoms with Gasteiger partial charge in [-0.25, -0.2) is 0 Å². The van der Waals surface area contributed by atoms with E-state index >= 15 is 0 Å². The van der Waals surface area contributed by atoms with Crippen LogP contribution in [0.1, 0.15) is 58.3 Å². The van der Waals surface area contributed by atoms with Crippen molar-refractivity contribution in [2.45, 2.75) is 64.5 Å². The summed E-state index contributed by atoms with van der Waals surface area (Å²) < 4.78 is 41.4. The third-order valence-electron chi connectivity index (χ3n) is 5.19. The second-order valence-corrected chi connectivity index (χ2v) is 7.38. The first kappa shape index (κ1) is 21.6. The Kier molecular flexibility index (Phi) is 9.02. The highest BCUT2D eigenvalue weighted by atomic mass is 19.4. The average Bonchev–Trinajstić information content (AvgIpc) is 2.65. The highest BCUT2D eigenvalue weighted by Crippen LogP contribution is 2.28. The normalized spacial score (nSPS) is 16.2. The molecule has 0 N–H and O–H groups in total. The van der Waals surface area contributed by atoms with E-state index in [0.29, 0.717) is 5.75 Å². The van der Waals surface area contributed by atoms with E-state index in [4.69, 9.17) is 4.74 Å². The van der Waals surface area contributed by atoms with Gasteiger partial charge in [0, 0.05) is 24.9 Å². The zero-order valence-electron chi connectivity index (χ0n) is 16.3. The summed E-state index contributed by atoms with van der Waals surface area (Å²) in [5, 5.41) is 0. The quantitative estimate of drug-likeness (QED) is 0.327. The van der Waals surface area contributed by atoms with Crippen molar-refractivity contribution in [2.75, 3.05) is 24.6 Å². The van der Waals surface area contributed by atoms with Crippen molar-refractivity contribution in [1.82, 2.24) is 0 Å². The lowest BCUT2D eigenvalue weighted by atomic mass is 9.91. The van der Waals surface area contributed by atoms with Crippen LogP contribution in [-0.4, -0.2) is 25.9 Å². The lowest BCUT2D eigenvalue weighted by molar-refractivity contribution is -0.0801. The Bertz CT molecular complexity index is 546. The number of hydrogen-bond acceptors (Lipinski definition) is 2. The fourth-order valence-corrected chi connectivity index (χ4v) is 3.60. The molecular weight excluding hydrogens is 351 g/mol. The number of alkyl halides is 3. The van der Waals surface area contributed by atoms with Gasteiger partial charge in [-0.3, -0.25) is 0 Å². The fourth-order valence-electron chi connectivity index (χ4n) is 3.60. The summed E-state index contributed by atoms with van der Waals surface area (Å²) in [6.45, 7) is 4.32. The second kappa shape index (κ2) is 11.3. The van der Waals surface area contributed by atoms with Gasteiger partial charge in [0.25, 0.3) is 0 Å². The summed E-state index contributed by atoms with van der Waals surface area (Å²) in [4.78, 5) is 2.39. The number of hydrogen-bond donors (Lipinski definition) is 0. The van der Waals surface area contributed by atoms with Crippen molar-refractivity contribution >= 4 is 5.69 Å². The minimum Gasteiger partial charge on any atom is -0.490 e. The lowest BCUT2D eigenvalue weighted by Gasteiger charge is -2.33. The number of nitrogens with zero attached hydrogens (tertiary/aromatic N) is 1. The van der Waals surface area contributed by atoms with Gasteiger partial charge in [-0.15, -0.1) is 0 Å². The Labute approximate surface area is 161 Å². The molecule has 27 heavy (non-hydrogen) atoms. The van der Waals surface area contributed by atoms with Crippen LogP contribution in [0, 0.1) is 5.92 Å².